The minimum Gasteiger partial charge on any atom is -0.490 e. The van der Waals surface area contributed by atoms with E-state index in [1.165, 1.54) is 11.1 Å². The molecule has 0 bridgehead atoms. The van der Waals surface area contributed by atoms with E-state index >= 15 is 0 Å². The van der Waals surface area contributed by atoms with Crippen LogP contribution in [0, 0.1) is 20.8 Å². The number of hydrogen-bond donors (Lipinski definition) is 1. The Morgan fingerprint density at radius 2 is 1.55 bits per heavy atom. The molecule has 0 saturated carbocycles. The molecule has 0 spiro atoms. The highest BCUT2D eigenvalue weighted by atomic mass is 16.5. The van der Waals surface area contributed by atoms with Gasteiger partial charge in [-0.05, 0) is 62.1 Å². The fourth-order valence-electron chi connectivity index (χ4n) is 2.45. The maximum Gasteiger partial charge on any atom is 0.125 e. The minimum absolute atomic E-state index is 0.522. The van der Waals surface area contributed by atoms with Crippen molar-refractivity contribution in [2.75, 3.05) is 19.8 Å². The highest BCUT2D eigenvalue weighted by Gasteiger charge is 2.07. The Morgan fingerprint density at radius 3 is 2.32 bits per heavy atom. The molecule has 22 heavy (non-hydrogen) atoms. The van der Waals surface area contributed by atoms with Crippen molar-refractivity contribution in [1.82, 2.24) is 0 Å². The fourth-order valence-corrected chi connectivity index (χ4v) is 2.45. The molecule has 3 heteroatoms. The molecule has 2 aromatic rings. The Balaban J connectivity index is 1.92. The first-order chi connectivity index (χ1) is 10.6. The molecule has 2 aromatic carbocycles. The molecule has 2 N–H and O–H groups in total. The summed E-state index contributed by atoms with van der Waals surface area (Å²) in [4.78, 5) is 0. The predicted molar refractivity (Wildman–Crippen MR) is 90.8 cm³/mol. The number of benzene rings is 2. The van der Waals surface area contributed by atoms with E-state index in [-0.39, 0.29) is 0 Å². The zero-order chi connectivity index (χ0) is 15.9. The van der Waals surface area contributed by atoms with Gasteiger partial charge >= 0.3 is 0 Å². The van der Waals surface area contributed by atoms with Crippen LogP contribution in [-0.4, -0.2) is 19.8 Å². The van der Waals surface area contributed by atoms with Crippen LogP contribution in [0.1, 0.15) is 22.3 Å². The van der Waals surface area contributed by atoms with E-state index in [1.54, 1.807) is 0 Å². The van der Waals surface area contributed by atoms with Crippen LogP contribution >= 0.6 is 0 Å². The van der Waals surface area contributed by atoms with E-state index in [2.05, 4.69) is 39.0 Å². The molecule has 118 valence electrons. The molecule has 0 aliphatic carbocycles. The van der Waals surface area contributed by atoms with Crippen LogP contribution in [0.2, 0.25) is 0 Å². The van der Waals surface area contributed by atoms with Gasteiger partial charge in [-0.2, -0.15) is 0 Å². The van der Waals surface area contributed by atoms with Gasteiger partial charge in [-0.15, -0.1) is 0 Å². The van der Waals surface area contributed by atoms with E-state index in [1.807, 2.05) is 18.2 Å². The number of ether oxygens (including phenoxy) is 2. The van der Waals surface area contributed by atoms with Crippen LogP contribution < -0.4 is 15.2 Å². The summed E-state index contributed by atoms with van der Waals surface area (Å²) in [6.07, 6.45) is 0.827. The summed E-state index contributed by atoms with van der Waals surface area (Å²) < 4.78 is 11.8. The van der Waals surface area contributed by atoms with Crippen molar-refractivity contribution in [3.8, 4) is 11.5 Å². The number of para-hydroxylation sites is 1. The maximum atomic E-state index is 5.92. The Labute approximate surface area is 133 Å². The predicted octanol–water partition coefficient (Wildman–Crippen LogP) is 3.57. The lowest BCUT2D eigenvalue weighted by Crippen LogP contribution is -2.12. The molecule has 0 fully saturated rings. The van der Waals surface area contributed by atoms with Crippen molar-refractivity contribution in [2.24, 2.45) is 5.73 Å². The summed E-state index contributed by atoms with van der Waals surface area (Å²) in [5.74, 6) is 1.87. The molecule has 0 radical (unpaired) electrons. The van der Waals surface area contributed by atoms with Crippen LogP contribution in [0.3, 0.4) is 0 Å². The van der Waals surface area contributed by atoms with Crippen molar-refractivity contribution >= 4 is 0 Å². The molecule has 0 aromatic heterocycles. The molecular weight excluding hydrogens is 274 g/mol. The largest absolute Gasteiger partial charge is 0.490 e. The van der Waals surface area contributed by atoms with Crippen molar-refractivity contribution in [3.63, 3.8) is 0 Å². The maximum absolute atomic E-state index is 5.92. The first-order valence-electron chi connectivity index (χ1n) is 7.74. The second-order valence-corrected chi connectivity index (χ2v) is 5.50. The molecule has 0 heterocycles. The lowest BCUT2D eigenvalue weighted by molar-refractivity contribution is 0.214. The fraction of sp³-hybridized carbons (Fsp3) is 0.368. The van der Waals surface area contributed by atoms with E-state index in [0.717, 1.165) is 29.0 Å². The van der Waals surface area contributed by atoms with E-state index in [4.69, 9.17) is 15.2 Å². The van der Waals surface area contributed by atoms with Gasteiger partial charge in [-0.3, -0.25) is 0 Å². The van der Waals surface area contributed by atoms with Gasteiger partial charge in [0.1, 0.15) is 24.7 Å². The summed E-state index contributed by atoms with van der Waals surface area (Å²) in [5.41, 5.74) is 10.4. The lowest BCUT2D eigenvalue weighted by Gasteiger charge is -2.15. The molecular formula is C19H25NO2. The molecule has 0 amide bonds. The summed E-state index contributed by atoms with van der Waals surface area (Å²) in [6.45, 7) is 7.94. The zero-order valence-corrected chi connectivity index (χ0v) is 13.7. The Hall–Kier alpha value is -2.00. The molecule has 0 saturated heterocycles. The van der Waals surface area contributed by atoms with Crippen molar-refractivity contribution < 1.29 is 9.47 Å². The number of nitrogens with two attached hydrogens (primary N) is 1. The smallest absolute Gasteiger partial charge is 0.125 e. The van der Waals surface area contributed by atoms with Crippen molar-refractivity contribution in [2.45, 2.75) is 27.2 Å². The molecule has 0 atom stereocenters. The van der Waals surface area contributed by atoms with Gasteiger partial charge in [-0.1, -0.05) is 30.3 Å². The number of hydrogen-bond acceptors (Lipinski definition) is 3. The average Bonchev–Trinajstić information content (AvgIpc) is 2.52. The summed E-state index contributed by atoms with van der Waals surface area (Å²) in [7, 11) is 0. The zero-order valence-electron chi connectivity index (χ0n) is 13.7. The van der Waals surface area contributed by atoms with Gasteiger partial charge in [0.15, 0.2) is 0 Å². The van der Waals surface area contributed by atoms with E-state index in [9.17, 15) is 0 Å². The van der Waals surface area contributed by atoms with Crippen LogP contribution in [0.25, 0.3) is 0 Å². The van der Waals surface area contributed by atoms with Crippen molar-refractivity contribution in [3.05, 3.63) is 58.7 Å². The average molecular weight is 299 g/mol. The van der Waals surface area contributed by atoms with Gasteiger partial charge in [0.05, 0.1) is 0 Å². The highest BCUT2D eigenvalue weighted by molar-refractivity contribution is 5.44. The van der Waals surface area contributed by atoms with Crippen LogP contribution in [0.5, 0.6) is 11.5 Å². The summed E-state index contributed by atoms with van der Waals surface area (Å²) >= 11 is 0. The summed E-state index contributed by atoms with van der Waals surface area (Å²) in [6, 6.07) is 12.2. The van der Waals surface area contributed by atoms with Crippen LogP contribution in [-0.2, 0) is 6.42 Å². The minimum atomic E-state index is 0.522. The van der Waals surface area contributed by atoms with Crippen molar-refractivity contribution in [1.29, 1.82) is 0 Å². The van der Waals surface area contributed by atoms with E-state index in [0.29, 0.717) is 19.8 Å². The Morgan fingerprint density at radius 1 is 0.864 bits per heavy atom. The summed E-state index contributed by atoms with van der Waals surface area (Å²) in [5, 5.41) is 0. The third-order valence-corrected chi connectivity index (χ3v) is 3.85. The highest BCUT2D eigenvalue weighted by Crippen LogP contribution is 2.25. The topological polar surface area (TPSA) is 44.5 Å². The van der Waals surface area contributed by atoms with Crippen LogP contribution in [0.15, 0.2) is 36.4 Å². The van der Waals surface area contributed by atoms with Gasteiger partial charge in [0.25, 0.3) is 0 Å². The van der Waals surface area contributed by atoms with Gasteiger partial charge in [0.2, 0.25) is 0 Å². The molecule has 0 aliphatic heterocycles. The molecule has 0 unspecified atom stereocenters. The van der Waals surface area contributed by atoms with Gasteiger partial charge < -0.3 is 15.2 Å². The van der Waals surface area contributed by atoms with Gasteiger partial charge in [0, 0.05) is 0 Å². The number of rotatable bonds is 7. The normalized spacial score (nSPS) is 10.5. The van der Waals surface area contributed by atoms with Crippen LogP contribution in [0.4, 0.5) is 0 Å². The quantitative estimate of drug-likeness (QED) is 0.795. The second kappa shape index (κ2) is 7.85. The molecule has 0 aliphatic rings. The van der Waals surface area contributed by atoms with E-state index < -0.39 is 0 Å². The Kier molecular flexibility index (Phi) is 5.84. The number of aryl methyl sites for hydroxylation is 2. The molecule has 2 rings (SSSR count). The monoisotopic (exact) mass is 299 g/mol. The first kappa shape index (κ1) is 16.4. The second-order valence-electron chi connectivity index (χ2n) is 5.50. The molecule has 3 nitrogen and oxygen atoms in total. The van der Waals surface area contributed by atoms with Gasteiger partial charge in [-0.25, -0.2) is 0 Å². The Bertz CT molecular complexity index is 623. The lowest BCUT2D eigenvalue weighted by atomic mass is 10.1. The third-order valence-electron chi connectivity index (χ3n) is 3.85. The first-order valence-corrected chi connectivity index (χ1v) is 7.74. The SMILES string of the molecule is Cc1ccc(C)c(OCCOc2ccccc2CCN)c1C. The third kappa shape index (κ3) is 4.01. The standard InChI is InChI=1S/C19H25NO2/c1-14-8-9-15(2)19(16(14)3)22-13-12-21-18-7-5-4-6-17(18)10-11-20/h4-9H,10-13,20H2,1-3H3.